The highest BCUT2D eigenvalue weighted by Gasteiger charge is 2.13. The molecule has 5 aromatic rings. The van der Waals surface area contributed by atoms with E-state index in [2.05, 4.69) is 25.3 Å². The minimum atomic E-state index is -0.201. The van der Waals surface area contributed by atoms with Gasteiger partial charge in [-0.1, -0.05) is 72.4 Å². The molecule has 0 radical (unpaired) electrons. The highest BCUT2D eigenvalue weighted by molar-refractivity contribution is 7.98. The fourth-order valence-corrected chi connectivity index (χ4v) is 3.95. The summed E-state index contributed by atoms with van der Waals surface area (Å²) in [5.41, 5.74) is 2.33. The van der Waals surface area contributed by atoms with Gasteiger partial charge in [0.1, 0.15) is 0 Å². The SMILES string of the molecule is Cn1c(SCc2cc(=O)n3[nH]c(-c4ccccc4)nc3n2)nnc1-c1ccccc1. The van der Waals surface area contributed by atoms with Crippen molar-refractivity contribution in [3.63, 3.8) is 0 Å². The molecule has 0 aliphatic heterocycles. The Kier molecular flexibility index (Phi) is 4.64. The summed E-state index contributed by atoms with van der Waals surface area (Å²) in [6.45, 7) is 0. The van der Waals surface area contributed by atoms with Crippen LogP contribution in [-0.2, 0) is 12.8 Å². The highest BCUT2D eigenvalue weighted by atomic mass is 32.2. The first-order chi connectivity index (χ1) is 14.7. The summed E-state index contributed by atoms with van der Waals surface area (Å²) in [6.07, 6.45) is 0. The summed E-state index contributed by atoms with van der Waals surface area (Å²) >= 11 is 1.48. The molecule has 1 N–H and O–H groups in total. The van der Waals surface area contributed by atoms with E-state index < -0.39 is 0 Å². The third-order valence-electron chi connectivity index (χ3n) is 4.65. The van der Waals surface area contributed by atoms with E-state index in [1.807, 2.05) is 72.3 Å². The Bertz CT molecular complexity index is 1370. The van der Waals surface area contributed by atoms with Crippen molar-refractivity contribution in [1.82, 2.24) is 34.3 Å². The van der Waals surface area contributed by atoms with Gasteiger partial charge in [-0.3, -0.25) is 9.89 Å². The molecule has 0 spiro atoms. The van der Waals surface area contributed by atoms with Crippen molar-refractivity contribution in [2.24, 2.45) is 7.05 Å². The number of aromatic nitrogens is 7. The van der Waals surface area contributed by atoms with Crippen LogP contribution in [0, 0.1) is 0 Å². The minimum absolute atomic E-state index is 0.201. The van der Waals surface area contributed by atoms with Gasteiger partial charge in [-0.05, 0) is 0 Å². The van der Waals surface area contributed by atoms with E-state index in [-0.39, 0.29) is 5.56 Å². The Labute approximate surface area is 175 Å². The molecule has 2 aromatic carbocycles. The quantitative estimate of drug-likeness (QED) is 0.443. The fraction of sp³-hybridized carbons (Fsp3) is 0.0952. The predicted molar refractivity (Wildman–Crippen MR) is 115 cm³/mol. The van der Waals surface area contributed by atoms with E-state index >= 15 is 0 Å². The zero-order chi connectivity index (χ0) is 20.5. The Morgan fingerprint density at radius 2 is 1.63 bits per heavy atom. The number of hydrogen-bond acceptors (Lipinski definition) is 6. The number of fused-ring (bicyclic) bond motifs is 1. The minimum Gasteiger partial charge on any atom is -0.305 e. The molecule has 9 heteroatoms. The number of benzene rings is 2. The van der Waals surface area contributed by atoms with Gasteiger partial charge in [0, 0.05) is 30.0 Å². The molecule has 8 nitrogen and oxygen atoms in total. The molecule has 30 heavy (non-hydrogen) atoms. The molecule has 0 fully saturated rings. The van der Waals surface area contributed by atoms with Crippen molar-refractivity contribution in [3.05, 3.63) is 82.8 Å². The lowest BCUT2D eigenvalue weighted by Gasteiger charge is -2.03. The molecule has 0 aliphatic rings. The Balaban J connectivity index is 1.40. The lowest BCUT2D eigenvalue weighted by molar-refractivity contribution is 0.793. The summed E-state index contributed by atoms with van der Waals surface area (Å²) in [4.78, 5) is 21.5. The Hall–Kier alpha value is -3.72. The van der Waals surface area contributed by atoms with Crippen LogP contribution in [0.1, 0.15) is 5.69 Å². The molecule has 5 rings (SSSR count). The van der Waals surface area contributed by atoms with Crippen molar-refractivity contribution >= 4 is 17.5 Å². The smallest absolute Gasteiger partial charge is 0.274 e. The molecule has 0 atom stereocenters. The van der Waals surface area contributed by atoms with Crippen molar-refractivity contribution in [2.75, 3.05) is 0 Å². The third-order valence-corrected chi connectivity index (χ3v) is 5.70. The van der Waals surface area contributed by atoms with E-state index in [0.29, 0.717) is 23.0 Å². The second-order valence-corrected chi connectivity index (χ2v) is 7.62. The number of nitrogens with one attached hydrogen (secondary N) is 1. The van der Waals surface area contributed by atoms with Gasteiger partial charge in [-0.2, -0.15) is 9.50 Å². The van der Waals surface area contributed by atoms with Gasteiger partial charge >= 0.3 is 0 Å². The van der Waals surface area contributed by atoms with Gasteiger partial charge in [0.15, 0.2) is 16.8 Å². The monoisotopic (exact) mass is 415 g/mol. The van der Waals surface area contributed by atoms with Crippen LogP contribution >= 0.6 is 11.8 Å². The fourth-order valence-electron chi connectivity index (χ4n) is 3.14. The summed E-state index contributed by atoms with van der Waals surface area (Å²) < 4.78 is 3.29. The molecule has 0 amide bonds. The highest BCUT2D eigenvalue weighted by Crippen LogP contribution is 2.24. The third kappa shape index (κ3) is 3.39. The van der Waals surface area contributed by atoms with Crippen LogP contribution in [0.15, 0.2) is 76.7 Å². The summed E-state index contributed by atoms with van der Waals surface area (Å²) in [6, 6.07) is 21.0. The largest absolute Gasteiger partial charge is 0.305 e. The molecule has 0 bridgehead atoms. The van der Waals surface area contributed by atoms with Crippen LogP contribution in [0.4, 0.5) is 0 Å². The van der Waals surface area contributed by atoms with Gasteiger partial charge in [0.25, 0.3) is 11.3 Å². The molecule has 0 saturated carbocycles. The van der Waals surface area contributed by atoms with Gasteiger partial charge in [-0.15, -0.1) is 10.2 Å². The van der Waals surface area contributed by atoms with Crippen molar-refractivity contribution in [2.45, 2.75) is 10.9 Å². The molecule has 3 heterocycles. The van der Waals surface area contributed by atoms with Gasteiger partial charge in [0.05, 0.1) is 5.69 Å². The van der Waals surface area contributed by atoms with E-state index in [1.165, 1.54) is 22.3 Å². The molecule has 0 unspecified atom stereocenters. The maximum absolute atomic E-state index is 12.5. The maximum Gasteiger partial charge on any atom is 0.274 e. The number of H-pyrrole nitrogens is 1. The number of hydrogen-bond donors (Lipinski definition) is 1. The van der Waals surface area contributed by atoms with E-state index in [0.717, 1.165) is 22.1 Å². The standard InChI is InChI=1S/C21H17N7OS/c1-27-19(15-10-6-3-7-11-15)24-25-21(27)30-13-16-12-17(29)28-20(22-16)23-18(26-28)14-8-4-2-5-9-14/h2-12H,13H2,1H3,(H,22,23,26). The molecular weight excluding hydrogens is 398 g/mol. The van der Waals surface area contributed by atoms with Crippen molar-refractivity contribution < 1.29 is 0 Å². The zero-order valence-corrected chi connectivity index (χ0v) is 16.9. The summed E-state index contributed by atoms with van der Waals surface area (Å²) in [7, 11) is 1.93. The van der Waals surface area contributed by atoms with Crippen LogP contribution in [0.25, 0.3) is 28.6 Å². The second kappa shape index (κ2) is 7.60. The molecule has 148 valence electrons. The molecule has 0 saturated heterocycles. The number of nitrogens with zero attached hydrogens (tertiary/aromatic N) is 6. The van der Waals surface area contributed by atoms with E-state index in [4.69, 9.17) is 0 Å². The zero-order valence-electron chi connectivity index (χ0n) is 16.1. The van der Waals surface area contributed by atoms with Crippen LogP contribution in [0.2, 0.25) is 0 Å². The molecule has 3 aromatic heterocycles. The normalized spacial score (nSPS) is 11.2. The average Bonchev–Trinajstić information content (AvgIpc) is 3.37. The first kappa shape index (κ1) is 18.3. The summed E-state index contributed by atoms with van der Waals surface area (Å²) in [5.74, 6) is 2.23. The Morgan fingerprint density at radius 3 is 2.37 bits per heavy atom. The molecule has 0 aliphatic carbocycles. The predicted octanol–water partition coefficient (Wildman–Crippen LogP) is 3.17. The van der Waals surface area contributed by atoms with Crippen LogP contribution < -0.4 is 5.56 Å². The van der Waals surface area contributed by atoms with Gasteiger partial charge in [0.2, 0.25) is 0 Å². The van der Waals surface area contributed by atoms with Crippen molar-refractivity contribution in [1.29, 1.82) is 0 Å². The number of rotatable bonds is 5. The number of aromatic amines is 1. The first-order valence-electron chi connectivity index (χ1n) is 9.31. The average molecular weight is 415 g/mol. The van der Waals surface area contributed by atoms with E-state index in [1.54, 1.807) is 0 Å². The van der Waals surface area contributed by atoms with E-state index in [9.17, 15) is 4.79 Å². The lowest BCUT2D eigenvalue weighted by Crippen LogP contribution is -2.15. The lowest BCUT2D eigenvalue weighted by atomic mass is 10.2. The first-order valence-corrected chi connectivity index (χ1v) is 10.3. The van der Waals surface area contributed by atoms with Crippen LogP contribution in [-0.4, -0.2) is 34.3 Å². The van der Waals surface area contributed by atoms with Crippen LogP contribution in [0.3, 0.4) is 0 Å². The maximum atomic E-state index is 12.5. The summed E-state index contributed by atoms with van der Waals surface area (Å²) in [5, 5.41) is 12.3. The number of thioether (sulfide) groups is 1. The van der Waals surface area contributed by atoms with Gasteiger partial charge in [-0.25, -0.2) is 4.98 Å². The molecular formula is C21H17N7OS. The Morgan fingerprint density at radius 1 is 0.933 bits per heavy atom. The van der Waals surface area contributed by atoms with Crippen LogP contribution in [0.5, 0.6) is 0 Å². The topological polar surface area (TPSA) is 93.8 Å². The van der Waals surface area contributed by atoms with Gasteiger partial charge < -0.3 is 4.57 Å². The van der Waals surface area contributed by atoms with Crippen molar-refractivity contribution in [3.8, 4) is 22.8 Å². The second-order valence-electron chi connectivity index (χ2n) is 6.68.